The molecule has 0 spiro atoms. The molecule has 6 heterocycles. The van der Waals surface area contributed by atoms with Crippen molar-refractivity contribution in [1.82, 2.24) is 60.7 Å². The van der Waals surface area contributed by atoms with Crippen LogP contribution in [0, 0.1) is 30.1 Å². The minimum Gasteiger partial charge on any atom is -0.494 e. The van der Waals surface area contributed by atoms with Crippen LogP contribution in [0.25, 0.3) is 21.8 Å². The molecule has 2 saturated heterocycles. The molecule has 0 radical (unpaired) electrons. The number of methoxy groups -OCH3 is 1. The molecule has 21 nitrogen and oxygen atoms in total. The van der Waals surface area contributed by atoms with Gasteiger partial charge < -0.3 is 46.2 Å². The molecule has 6 aromatic rings. The SMILES string of the molecule is CNC(=O)c1nnc(Nc2ccc(C#CC3CN(C(=O)CCCCCCC(=O)NC(C(=O)N4C[C@H](O)C[C@H]4C(=O)N[C@@H](C)c4ccc(-c5scnc5C)cc4)C(C)(C)C)C3)cn2)cc1Nc1cccc(-c2ncn(C)n2)c1OC. The molecule has 79 heavy (non-hydrogen) atoms. The summed E-state index contributed by atoms with van der Waals surface area (Å²) in [4.78, 5) is 84.4. The minimum atomic E-state index is -0.913. The molecular formula is C57H68N14O7S. The van der Waals surface area contributed by atoms with E-state index in [0.29, 0.717) is 78.1 Å². The van der Waals surface area contributed by atoms with Crippen molar-refractivity contribution >= 4 is 63.9 Å². The van der Waals surface area contributed by atoms with E-state index in [1.165, 1.54) is 11.9 Å². The third-order valence-corrected chi connectivity index (χ3v) is 14.8. The zero-order chi connectivity index (χ0) is 56.4. The Kier molecular flexibility index (Phi) is 18.3. The second kappa shape index (κ2) is 25.5. The van der Waals surface area contributed by atoms with Crippen LogP contribution >= 0.6 is 11.3 Å². The smallest absolute Gasteiger partial charge is 0.273 e. The largest absolute Gasteiger partial charge is 0.494 e. The maximum Gasteiger partial charge on any atom is 0.273 e. The first-order valence-corrected chi connectivity index (χ1v) is 27.3. The number of rotatable bonds is 20. The van der Waals surface area contributed by atoms with Crippen LogP contribution in [-0.2, 0) is 26.2 Å². The summed E-state index contributed by atoms with van der Waals surface area (Å²) in [7, 11) is 4.83. The number of aromatic nitrogens is 7. The van der Waals surface area contributed by atoms with Crippen molar-refractivity contribution < 1.29 is 33.8 Å². The van der Waals surface area contributed by atoms with E-state index in [4.69, 9.17) is 4.74 Å². The Morgan fingerprint density at radius 1 is 0.886 bits per heavy atom. The normalized spacial score (nSPS) is 16.0. The van der Waals surface area contributed by atoms with E-state index in [0.717, 1.165) is 34.5 Å². The molecule has 1 unspecified atom stereocenters. The van der Waals surface area contributed by atoms with Gasteiger partial charge in [-0.2, -0.15) is 5.10 Å². The third-order valence-electron chi connectivity index (χ3n) is 13.8. The molecule has 4 atom stereocenters. The lowest BCUT2D eigenvalue weighted by Crippen LogP contribution is -2.57. The first-order valence-electron chi connectivity index (χ1n) is 26.4. The molecule has 0 aliphatic carbocycles. The van der Waals surface area contributed by atoms with Gasteiger partial charge in [0, 0.05) is 70.8 Å². The maximum absolute atomic E-state index is 14.1. The molecule has 0 saturated carbocycles. The average molecular weight is 1090 g/mol. The molecule has 2 aromatic carbocycles. The number of nitrogens with one attached hydrogen (secondary N) is 5. The monoisotopic (exact) mass is 1090 g/mol. The third kappa shape index (κ3) is 14.3. The number of carbonyl (C=O) groups excluding carboxylic acids is 5. The highest BCUT2D eigenvalue weighted by Gasteiger charge is 2.45. The summed E-state index contributed by atoms with van der Waals surface area (Å²) in [6, 6.07) is 16.5. The lowest BCUT2D eigenvalue weighted by atomic mass is 9.85. The van der Waals surface area contributed by atoms with Crippen LogP contribution in [0.2, 0.25) is 0 Å². The van der Waals surface area contributed by atoms with E-state index >= 15 is 0 Å². The number of unbranched alkanes of at least 4 members (excludes halogenated alkanes) is 3. The van der Waals surface area contributed by atoms with Crippen LogP contribution in [0.3, 0.4) is 0 Å². The summed E-state index contributed by atoms with van der Waals surface area (Å²) in [6.07, 6.45) is 5.87. The number of hydrogen-bond donors (Lipinski definition) is 6. The summed E-state index contributed by atoms with van der Waals surface area (Å²) in [5.41, 5.74) is 6.40. The molecule has 22 heteroatoms. The highest BCUT2D eigenvalue weighted by molar-refractivity contribution is 7.13. The number of aliphatic hydroxyl groups is 1. The van der Waals surface area contributed by atoms with E-state index in [1.807, 2.05) is 87.5 Å². The first-order chi connectivity index (χ1) is 37.9. The van der Waals surface area contributed by atoms with Crippen molar-refractivity contribution in [3.63, 3.8) is 0 Å². The van der Waals surface area contributed by atoms with Gasteiger partial charge in [0.25, 0.3) is 5.91 Å². The second-order valence-corrected chi connectivity index (χ2v) is 21.8. The Balaban J connectivity index is 0.745. The van der Waals surface area contributed by atoms with E-state index < -0.39 is 35.4 Å². The molecule has 2 aliphatic heterocycles. The van der Waals surface area contributed by atoms with Gasteiger partial charge in [-0.05, 0) is 67.5 Å². The lowest BCUT2D eigenvalue weighted by molar-refractivity contribution is -0.144. The Hall–Kier alpha value is -8.29. The zero-order valence-corrected chi connectivity index (χ0v) is 46.6. The second-order valence-electron chi connectivity index (χ2n) is 20.9. The quantitative estimate of drug-likeness (QED) is 0.0353. The highest BCUT2D eigenvalue weighted by atomic mass is 32.1. The standard InChI is InChI=1S/C57H68N14O7S/c1-34(38-21-23-39(24-22-38)51-35(2)61-33-79-51)62-54(75)44-26-40(72)31-71(44)56(77)52(57(3,4)5)65-47(73)16-11-9-10-12-17-48(74)70-29-37(30-70)19-18-36-20-25-45(59-28-36)64-46-27-43(49(67-66-46)55(76)58-6)63-42-15-13-14-41(50(42)78-8)53-60-32-69(7)68-53/h13-15,20-25,27-28,32-34,37,40,44,52,72H,9-12,16-17,26,29-31H2,1-8H3,(H,58,76)(H,62,75)(H,65,73)(H2,59,63,64,66)/t34-,40+,44-,52?/m0/s1. The van der Waals surface area contributed by atoms with Crippen LogP contribution < -0.4 is 31.3 Å². The van der Waals surface area contributed by atoms with Crippen molar-refractivity contribution in [2.24, 2.45) is 18.4 Å². The number of aliphatic hydroxyl groups excluding tert-OH is 1. The predicted molar refractivity (Wildman–Crippen MR) is 300 cm³/mol. The van der Waals surface area contributed by atoms with Gasteiger partial charge in [-0.15, -0.1) is 21.5 Å². The van der Waals surface area contributed by atoms with Crippen LogP contribution in [0.15, 0.2) is 78.7 Å². The van der Waals surface area contributed by atoms with Gasteiger partial charge in [0.2, 0.25) is 23.6 Å². The molecule has 6 N–H and O–H groups in total. The summed E-state index contributed by atoms with van der Waals surface area (Å²) >= 11 is 1.57. The molecule has 5 amide bonds. The van der Waals surface area contributed by atoms with Crippen molar-refractivity contribution in [3.8, 4) is 39.4 Å². The van der Waals surface area contributed by atoms with Crippen LogP contribution in [0.5, 0.6) is 5.75 Å². The van der Waals surface area contributed by atoms with E-state index in [9.17, 15) is 29.1 Å². The number of nitrogens with zero attached hydrogens (tertiary/aromatic N) is 9. The molecule has 4 aromatic heterocycles. The number of amides is 5. The highest BCUT2D eigenvalue weighted by Crippen LogP contribution is 2.38. The summed E-state index contributed by atoms with van der Waals surface area (Å²) < 4.78 is 7.35. The Labute approximate surface area is 463 Å². The average Bonchev–Trinajstić information content (AvgIpc) is 4.28. The number of β-amino-alcohol motifs (C(OH)–C–C–N with tert-alkyl or cyclic N) is 1. The topological polar surface area (TPSA) is 264 Å². The summed E-state index contributed by atoms with van der Waals surface area (Å²) in [6.45, 7) is 10.5. The number of pyridine rings is 1. The van der Waals surface area contributed by atoms with Gasteiger partial charge >= 0.3 is 0 Å². The number of hydrogen-bond acceptors (Lipinski definition) is 16. The van der Waals surface area contributed by atoms with Crippen LogP contribution in [-0.4, -0.2) is 131 Å². The summed E-state index contributed by atoms with van der Waals surface area (Å²) in [5, 5.41) is 38.5. The van der Waals surface area contributed by atoms with Crippen molar-refractivity contribution in [1.29, 1.82) is 0 Å². The molecule has 8 rings (SSSR count). The number of carbonyl (C=O) groups is 5. The number of thiazole rings is 1. The van der Waals surface area contributed by atoms with Gasteiger partial charge in [-0.25, -0.2) is 15.0 Å². The number of para-hydroxylation sites is 1. The minimum absolute atomic E-state index is 0.00662. The molecule has 2 fully saturated rings. The van der Waals surface area contributed by atoms with Gasteiger partial charge in [0.15, 0.2) is 23.1 Å². The Bertz CT molecular complexity index is 3210. The fraction of sp³-hybridized carbons (Fsp3) is 0.421. The van der Waals surface area contributed by atoms with Gasteiger partial charge in [0.05, 0.1) is 58.2 Å². The van der Waals surface area contributed by atoms with E-state index in [1.54, 1.807) is 60.9 Å². The van der Waals surface area contributed by atoms with Gasteiger partial charge in [-0.3, -0.25) is 28.7 Å². The van der Waals surface area contributed by atoms with Crippen LogP contribution in [0.4, 0.5) is 23.0 Å². The molecule has 414 valence electrons. The van der Waals surface area contributed by atoms with Crippen molar-refractivity contribution in [3.05, 3.63) is 101 Å². The van der Waals surface area contributed by atoms with E-state index in [-0.39, 0.29) is 54.8 Å². The van der Waals surface area contributed by atoms with Gasteiger partial charge in [0.1, 0.15) is 24.2 Å². The number of benzene rings is 2. The maximum atomic E-state index is 14.1. The van der Waals surface area contributed by atoms with Crippen molar-refractivity contribution in [2.75, 3.05) is 44.4 Å². The predicted octanol–water partition coefficient (Wildman–Crippen LogP) is 6.48. The molecular weight excluding hydrogens is 1020 g/mol. The van der Waals surface area contributed by atoms with Crippen LogP contribution in [0.1, 0.15) is 106 Å². The lowest BCUT2D eigenvalue weighted by Gasteiger charge is -2.36. The zero-order valence-electron chi connectivity index (χ0n) is 45.8. The first kappa shape index (κ1) is 56.9. The Morgan fingerprint density at radius 3 is 2.30 bits per heavy atom. The fourth-order valence-electron chi connectivity index (χ4n) is 9.43. The van der Waals surface area contributed by atoms with Crippen molar-refractivity contribution in [2.45, 2.75) is 104 Å². The fourth-order valence-corrected chi connectivity index (χ4v) is 10.2. The summed E-state index contributed by atoms with van der Waals surface area (Å²) in [5.74, 6) is 6.82. The number of likely N-dealkylation sites (tertiary alicyclic amines) is 2. The number of ether oxygens (including phenoxy) is 1. The van der Waals surface area contributed by atoms with Gasteiger partial charge in [-0.1, -0.05) is 75.8 Å². The van der Waals surface area contributed by atoms with E-state index in [2.05, 4.69) is 68.7 Å². The number of aryl methyl sites for hydroxylation is 2. The number of anilines is 4. The Morgan fingerprint density at radius 2 is 1.65 bits per heavy atom. The molecule has 0 bridgehead atoms. The molecule has 2 aliphatic rings.